The van der Waals surface area contributed by atoms with Crippen LogP contribution in [0.3, 0.4) is 0 Å². The molecule has 0 spiro atoms. The second kappa shape index (κ2) is 7.84. The molecule has 0 fully saturated rings. The molecule has 5 heteroatoms. The summed E-state index contributed by atoms with van der Waals surface area (Å²) in [6, 6.07) is 16.5. The van der Waals surface area contributed by atoms with E-state index in [1.165, 1.54) is 16.7 Å². The Kier molecular flexibility index (Phi) is 5.24. The van der Waals surface area contributed by atoms with E-state index in [1.807, 2.05) is 44.6 Å². The van der Waals surface area contributed by atoms with Gasteiger partial charge in [0.1, 0.15) is 12.4 Å². The minimum atomic E-state index is 0.0876. The van der Waals surface area contributed by atoms with Crippen LogP contribution in [-0.2, 0) is 11.8 Å². The predicted octanol–water partition coefficient (Wildman–Crippen LogP) is 4.66. The smallest absolute Gasteiger partial charge is 0.227 e. The standard InChI is InChI=1S/C24H28N4O/c1-24(2)15-17-16-25-23(27-22(17)20-7-5-6-8-21(20)24)26-18-9-11-19(12-10-18)29-14-13-28(3)4/h5-12,16H,13-15H2,1-4H3,(H,25,26,27). The number of hydrogen-bond acceptors (Lipinski definition) is 5. The Bertz CT molecular complexity index is 996. The van der Waals surface area contributed by atoms with E-state index >= 15 is 0 Å². The van der Waals surface area contributed by atoms with Crippen molar-refractivity contribution in [3.63, 3.8) is 0 Å². The summed E-state index contributed by atoms with van der Waals surface area (Å²) in [5.74, 6) is 1.47. The van der Waals surface area contributed by atoms with Crippen LogP contribution in [0.25, 0.3) is 11.3 Å². The number of nitrogens with zero attached hydrogens (tertiary/aromatic N) is 3. The summed E-state index contributed by atoms with van der Waals surface area (Å²) in [7, 11) is 4.07. The van der Waals surface area contributed by atoms with Gasteiger partial charge in [-0.05, 0) is 61.3 Å². The van der Waals surface area contributed by atoms with Gasteiger partial charge in [0.25, 0.3) is 0 Å². The minimum Gasteiger partial charge on any atom is -0.492 e. The van der Waals surface area contributed by atoms with Gasteiger partial charge in [-0.15, -0.1) is 0 Å². The van der Waals surface area contributed by atoms with E-state index < -0.39 is 0 Å². The number of nitrogens with one attached hydrogen (secondary N) is 1. The van der Waals surface area contributed by atoms with Crippen LogP contribution in [0.5, 0.6) is 5.75 Å². The molecular weight excluding hydrogens is 360 g/mol. The number of hydrogen-bond donors (Lipinski definition) is 1. The molecule has 1 aromatic heterocycles. The van der Waals surface area contributed by atoms with Crippen LogP contribution in [0, 0.1) is 0 Å². The summed E-state index contributed by atoms with van der Waals surface area (Å²) in [5.41, 5.74) is 5.80. The lowest BCUT2D eigenvalue weighted by atomic mass is 9.72. The first kappa shape index (κ1) is 19.4. The fourth-order valence-corrected chi connectivity index (χ4v) is 3.79. The zero-order valence-electron chi connectivity index (χ0n) is 17.6. The van der Waals surface area contributed by atoms with Crippen molar-refractivity contribution >= 4 is 11.6 Å². The third-order valence-corrected chi connectivity index (χ3v) is 5.33. The molecule has 0 aliphatic heterocycles. The quantitative estimate of drug-likeness (QED) is 0.665. The highest BCUT2D eigenvalue weighted by Gasteiger charge is 2.31. The zero-order valence-corrected chi connectivity index (χ0v) is 17.6. The Morgan fingerprint density at radius 3 is 2.59 bits per heavy atom. The van der Waals surface area contributed by atoms with Crippen LogP contribution in [-0.4, -0.2) is 42.1 Å². The molecule has 1 heterocycles. The number of fused-ring (bicyclic) bond motifs is 3. The van der Waals surface area contributed by atoms with Crippen molar-refractivity contribution in [2.24, 2.45) is 0 Å². The van der Waals surface area contributed by atoms with Crippen LogP contribution < -0.4 is 10.1 Å². The van der Waals surface area contributed by atoms with Gasteiger partial charge in [-0.1, -0.05) is 38.1 Å². The Hall–Kier alpha value is -2.92. The second-order valence-electron chi connectivity index (χ2n) is 8.47. The summed E-state index contributed by atoms with van der Waals surface area (Å²) in [6.45, 7) is 6.12. The van der Waals surface area contributed by atoms with Gasteiger partial charge in [0.2, 0.25) is 5.95 Å². The lowest BCUT2D eigenvalue weighted by Gasteiger charge is -2.33. The van der Waals surface area contributed by atoms with Crippen LogP contribution in [0.4, 0.5) is 11.6 Å². The van der Waals surface area contributed by atoms with E-state index in [9.17, 15) is 0 Å². The van der Waals surface area contributed by atoms with Crippen LogP contribution in [0.2, 0.25) is 0 Å². The molecule has 0 amide bonds. The topological polar surface area (TPSA) is 50.3 Å². The van der Waals surface area contributed by atoms with Gasteiger partial charge in [0.15, 0.2) is 0 Å². The summed E-state index contributed by atoms with van der Waals surface area (Å²) < 4.78 is 5.75. The summed E-state index contributed by atoms with van der Waals surface area (Å²) in [6.07, 6.45) is 2.90. The van der Waals surface area contributed by atoms with Crippen LogP contribution >= 0.6 is 0 Å². The first-order chi connectivity index (χ1) is 13.9. The average Bonchev–Trinajstić information content (AvgIpc) is 2.69. The Morgan fingerprint density at radius 2 is 1.83 bits per heavy atom. The SMILES string of the molecule is CN(C)CCOc1ccc(Nc2ncc3c(n2)-c2ccccc2C(C)(C)C3)cc1. The maximum absolute atomic E-state index is 5.75. The lowest BCUT2D eigenvalue weighted by Crippen LogP contribution is -2.26. The van der Waals surface area contributed by atoms with Gasteiger partial charge in [-0.2, -0.15) is 0 Å². The van der Waals surface area contributed by atoms with E-state index in [1.54, 1.807) is 0 Å². The maximum atomic E-state index is 5.75. The van der Waals surface area contributed by atoms with Crippen molar-refractivity contribution in [1.29, 1.82) is 0 Å². The molecule has 1 aliphatic carbocycles. The van der Waals surface area contributed by atoms with Gasteiger partial charge < -0.3 is 15.0 Å². The lowest BCUT2D eigenvalue weighted by molar-refractivity contribution is 0.261. The van der Waals surface area contributed by atoms with E-state index in [0.29, 0.717) is 12.6 Å². The molecule has 0 saturated carbocycles. The summed E-state index contributed by atoms with van der Waals surface area (Å²) in [4.78, 5) is 11.5. The average molecular weight is 389 g/mol. The van der Waals surface area contributed by atoms with Crippen LogP contribution in [0.15, 0.2) is 54.7 Å². The Balaban J connectivity index is 1.52. The van der Waals surface area contributed by atoms with E-state index in [2.05, 4.69) is 53.3 Å². The third kappa shape index (κ3) is 4.25. The fraction of sp³-hybridized carbons (Fsp3) is 0.333. The molecule has 0 atom stereocenters. The summed E-state index contributed by atoms with van der Waals surface area (Å²) in [5, 5.41) is 3.32. The van der Waals surface area contributed by atoms with Gasteiger partial charge in [0.05, 0.1) is 5.69 Å². The Labute approximate surface area is 172 Å². The van der Waals surface area contributed by atoms with Crippen LogP contribution in [0.1, 0.15) is 25.0 Å². The zero-order chi connectivity index (χ0) is 20.4. The molecule has 4 rings (SSSR count). The Morgan fingerprint density at radius 1 is 1.07 bits per heavy atom. The molecule has 0 bridgehead atoms. The number of aromatic nitrogens is 2. The van der Waals surface area contributed by atoms with Crippen molar-refractivity contribution in [3.8, 4) is 17.0 Å². The van der Waals surface area contributed by atoms with Crippen molar-refractivity contribution in [3.05, 3.63) is 65.9 Å². The van der Waals surface area contributed by atoms with E-state index in [-0.39, 0.29) is 5.41 Å². The third-order valence-electron chi connectivity index (χ3n) is 5.33. The molecule has 1 aliphatic rings. The number of ether oxygens (including phenoxy) is 1. The first-order valence-corrected chi connectivity index (χ1v) is 10.0. The minimum absolute atomic E-state index is 0.0876. The predicted molar refractivity (Wildman–Crippen MR) is 118 cm³/mol. The van der Waals surface area contributed by atoms with E-state index in [0.717, 1.165) is 30.1 Å². The molecular formula is C24H28N4O. The van der Waals surface area contributed by atoms with Gasteiger partial charge in [-0.3, -0.25) is 0 Å². The number of likely N-dealkylation sites (N-methyl/N-ethyl adjacent to an activating group) is 1. The molecule has 29 heavy (non-hydrogen) atoms. The number of benzene rings is 2. The molecule has 150 valence electrons. The van der Waals surface area contributed by atoms with E-state index in [4.69, 9.17) is 9.72 Å². The molecule has 3 aromatic rings. The first-order valence-electron chi connectivity index (χ1n) is 10.0. The van der Waals surface area contributed by atoms with Crippen molar-refractivity contribution < 1.29 is 4.74 Å². The normalized spacial score (nSPS) is 14.2. The number of rotatable bonds is 6. The highest BCUT2D eigenvalue weighted by Crippen LogP contribution is 2.42. The fourth-order valence-electron chi connectivity index (χ4n) is 3.79. The van der Waals surface area contributed by atoms with Crippen molar-refractivity contribution in [1.82, 2.24) is 14.9 Å². The molecule has 0 unspecified atom stereocenters. The number of anilines is 2. The largest absolute Gasteiger partial charge is 0.492 e. The highest BCUT2D eigenvalue weighted by atomic mass is 16.5. The van der Waals surface area contributed by atoms with Gasteiger partial charge in [-0.25, -0.2) is 9.97 Å². The second-order valence-corrected chi connectivity index (χ2v) is 8.47. The monoisotopic (exact) mass is 388 g/mol. The maximum Gasteiger partial charge on any atom is 0.227 e. The van der Waals surface area contributed by atoms with Crippen molar-refractivity contribution in [2.45, 2.75) is 25.7 Å². The molecule has 2 aromatic carbocycles. The van der Waals surface area contributed by atoms with Gasteiger partial charge >= 0.3 is 0 Å². The van der Waals surface area contributed by atoms with Crippen molar-refractivity contribution in [2.75, 3.05) is 32.6 Å². The van der Waals surface area contributed by atoms with Gasteiger partial charge in [0, 0.05) is 24.0 Å². The molecule has 0 saturated heterocycles. The summed E-state index contributed by atoms with van der Waals surface area (Å²) >= 11 is 0. The highest BCUT2D eigenvalue weighted by molar-refractivity contribution is 5.72. The molecule has 0 radical (unpaired) electrons. The molecule has 5 nitrogen and oxygen atoms in total. The molecule has 1 N–H and O–H groups in total.